The molecule has 0 saturated carbocycles. The summed E-state index contributed by atoms with van der Waals surface area (Å²) in [5.41, 5.74) is 0.893. The van der Waals surface area contributed by atoms with Crippen LogP contribution in [-0.4, -0.2) is 53.4 Å². The van der Waals surface area contributed by atoms with Crippen LogP contribution in [0.25, 0.3) is 5.69 Å². The van der Waals surface area contributed by atoms with E-state index < -0.39 is 11.9 Å². The molecule has 1 aliphatic heterocycles. The first kappa shape index (κ1) is 23.3. The highest BCUT2D eigenvalue weighted by Crippen LogP contribution is 2.28. The number of carbonyl (C=O) groups excluding carboxylic acids is 1. The molecule has 1 fully saturated rings. The molecule has 1 unspecified atom stereocenters. The Bertz CT molecular complexity index is 1080. The number of hydrogen-bond acceptors (Lipinski definition) is 4. The first-order valence-electron chi connectivity index (χ1n) is 10.4. The number of alkyl halides is 3. The fraction of sp³-hybridized carbons (Fsp3) is 0.304. The van der Waals surface area contributed by atoms with Gasteiger partial charge in [-0.15, -0.1) is 0 Å². The van der Waals surface area contributed by atoms with E-state index in [1.807, 2.05) is 24.3 Å². The number of halogens is 4. The second-order valence-electron chi connectivity index (χ2n) is 7.62. The summed E-state index contributed by atoms with van der Waals surface area (Å²) in [6, 6.07) is 14.6. The Hall–Kier alpha value is -2.88. The van der Waals surface area contributed by atoms with Crippen LogP contribution < -0.4 is 5.32 Å². The van der Waals surface area contributed by atoms with Gasteiger partial charge in [-0.3, -0.25) is 9.69 Å². The highest BCUT2D eigenvalue weighted by atomic mass is 35.5. The molecule has 1 aromatic heterocycles. The Kier molecular flexibility index (Phi) is 7.02. The zero-order chi connectivity index (χ0) is 23.4. The molecule has 1 aliphatic rings. The van der Waals surface area contributed by atoms with E-state index in [9.17, 15) is 18.0 Å². The summed E-state index contributed by atoms with van der Waals surface area (Å²) in [6.07, 6.45) is -3.27. The van der Waals surface area contributed by atoms with Gasteiger partial charge in [0, 0.05) is 36.4 Å². The van der Waals surface area contributed by atoms with Crippen molar-refractivity contribution in [1.82, 2.24) is 20.0 Å². The van der Waals surface area contributed by atoms with Crippen molar-refractivity contribution < 1.29 is 22.7 Å². The maximum Gasteiger partial charge on any atom is 0.435 e. The van der Waals surface area contributed by atoms with Crippen molar-refractivity contribution in [2.75, 3.05) is 32.8 Å². The zero-order valence-electron chi connectivity index (χ0n) is 17.6. The number of hydrogen-bond donors (Lipinski definition) is 1. The van der Waals surface area contributed by atoms with Crippen LogP contribution in [0.15, 0.2) is 60.8 Å². The van der Waals surface area contributed by atoms with Gasteiger partial charge in [0.25, 0.3) is 5.91 Å². The molecule has 1 amide bonds. The lowest BCUT2D eigenvalue weighted by molar-refractivity contribution is -0.141. The highest BCUT2D eigenvalue weighted by molar-refractivity contribution is 6.30. The summed E-state index contributed by atoms with van der Waals surface area (Å²) < 4.78 is 44.9. The van der Waals surface area contributed by atoms with E-state index in [-0.39, 0.29) is 11.9 Å². The van der Waals surface area contributed by atoms with Crippen LogP contribution in [0.1, 0.15) is 27.7 Å². The molecule has 0 spiro atoms. The van der Waals surface area contributed by atoms with Gasteiger partial charge >= 0.3 is 6.18 Å². The van der Waals surface area contributed by atoms with Crippen molar-refractivity contribution >= 4 is 17.5 Å². The van der Waals surface area contributed by atoms with Crippen LogP contribution in [0.4, 0.5) is 13.2 Å². The van der Waals surface area contributed by atoms with Crippen LogP contribution in [0.2, 0.25) is 5.02 Å². The molecule has 0 aliphatic carbocycles. The third-order valence-corrected chi connectivity index (χ3v) is 5.72. The lowest BCUT2D eigenvalue weighted by atomic mass is 10.0. The van der Waals surface area contributed by atoms with Crippen LogP contribution >= 0.6 is 11.6 Å². The van der Waals surface area contributed by atoms with E-state index >= 15 is 0 Å². The molecule has 2 aromatic carbocycles. The van der Waals surface area contributed by atoms with E-state index in [4.69, 9.17) is 16.3 Å². The Morgan fingerprint density at radius 1 is 1.06 bits per heavy atom. The molecule has 0 bridgehead atoms. The Labute approximate surface area is 193 Å². The van der Waals surface area contributed by atoms with Gasteiger partial charge in [0.15, 0.2) is 5.69 Å². The van der Waals surface area contributed by atoms with Gasteiger partial charge in [0.2, 0.25) is 0 Å². The number of morpholine rings is 1. The zero-order valence-corrected chi connectivity index (χ0v) is 18.3. The number of carbonyl (C=O) groups is 1. The molecule has 10 heteroatoms. The van der Waals surface area contributed by atoms with Gasteiger partial charge in [-0.2, -0.15) is 18.3 Å². The van der Waals surface area contributed by atoms with Crippen molar-refractivity contribution in [3.63, 3.8) is 0 Å². The second kappa shape index (κ2) is 9.94. The average molecular weight is 479 g/mol. The lowest BCUT2D eigenvalue weighted by Gasteiger charge is -2.35. The van der Waals surface area contributed by atoms with E-state index in [1.54, 1.807) is 24.3 Å². The van der Waals surface area contributed by atoms with Gasteiger partial charge in [-0.1, -0.05) is 23.7 Å². The Morgan fingerprint density at radius 3 is 2.33 bits per heavy atom. The van der Waals surface area contributed by atoms with Gasteiger partial charge < -0.3 is 10.1 Å². The van der Waals surface area contributed by atoms with Crippen molar-refractivity contribution in [3.8, 4) is 5.69 Å². The Morgan fingerprint density at radius 2 is 1.73 bits per heavy atom. The average Bonchev–Trinajstić information content (AvgIpc) is 3.32. The maximum absolute atomic E-state index is 12.8. The number of ether oxygens (including phenoxy) is 1. The number of amides is 1. The van der Waals surface area contributed by atoms with Crippen molar-refractivity contribution in [2.24, 2.45) is 0 Å². The summed E-state index contributed by atoms with van der Waals surface area (Å²) in [6.45, 7) is 3.14. The monoisotopic (exact) mass is 478 g/mol. The molecule has 4 rings (SSSR count). The largest absolute Gasteiger partial charge is 0.435 e. The summed E-state index contributed by atoms with van der Waals surface area (Å²) in [5, 5.41) is 7.15. The quantitative estimate of drug-likeness (QED) is 0.572. The van der Waals surface area contributed by atoms with E-state index in [0.717, 1.165) is 29.4 Å². The summed E-state index contributed by atoms with van der Waals surface area (Å²) in [7, 11) is 0. The smallest absolute Gasteiger partial charge is 0.379 e. The van der Waals surface area contributed by atoms with E-state index in [0.29, 0.717) is 36.0 Å². The predicted octanol–water partition coefficient (Wildman–Crippen LogP) is 4.35. The van der Waals surface area contributed by atoms with Gasteiger partial charge in [-0.05, 0) is 48.0 Å². The molecule has 6 nitrogen and oxygen atoms in total. The molecular weight excluding hydrogens is 457 g/mol. The summed E-state index contributed by atoms with van der Waals surface area (Å²) in [4.78, 5) is 15.0. The number of nitrogens with one attached hydrogen (secondary N) is 1. The molecule has 0 radical (unpaired) electrons. The molecule has 33 heavy (non-hydrogen) atoms. The van der Waals surface area contributed by atoms with Gasteiger partial charge in [0.1, 0.15) is 0 Å². The van der Waals surface area contributed by atoms with Crippen molar-refractivity contribution in [3.05, 3.63) is 82.6 Å². The van der Waals surface area contributed by atoms with Crippen LogP contribution in [0.3, 0.4) is 0 Å². The SMILES string of the molecule is O=C(NCC(c1ccc(Cl)cc1)N1CCOCC1)c1ccc(-n2ccc(C(F)(F)F)n2)cc1. The predicted molar refractivity (Wildman–Crippen MR) is 117 cm³/mol. The fourth-order valence-corrected chi connectivity index (χ4v) is 3.83. The fourth-order valence-electron chi connectivity index (χ4n) is 3.71. The Balaban J connectivity index is 1.44. The van der Waals surface area contributed by atoms with E-state index in [2.05, 4.69) is 15.3 Å². The molecule has 1 atom stereocenters. The van der Waals surface area contributed by atoms with Gasteiger partial charge in [-0.25, -0.2) is 4.68 Å². The van der Waals surface area contributed by atoms with Crippen LogP contribution in [0, 0.1) is 0 Å². The van der Waals surface area contributed by atoms with Crippen LogP contribution in [0.5, 0.6) is 0 Å². The molecule has 3 aromatic rings. The maximum atomic E-state index is 12.8. The topological polar surface area (TPSA) is 59.4 Å². The number of aromatic nitrogens is 2. The molecular formula is C23H22ClF3N4O2. The van der Waals surface area contributed by atoms with Crippen LogP contribution in [-0.2, 0) is 10.9 Å². The molecule has 1 N–H and O–H groups in total. The summed E-state index contributed by atoms with van der Waals surface area (Å²) in [5.74, 6) is -0.273. The third kappa shape index (κ3) is 5.73. The number of nitrogens with zero attached hydrogens (tertiary/aromatic N) is 3. The minimum absolute atomic E-state index is 0.0424. The number of rotatable bonds is 6. The summed E-state index contributed by atoms with van der Waals surface area (Å²) >= 11 is 6.03. The molecule has 1 saturated heterocycles. The first-order valence-corrected chi connectivity index (χ1v) is 10.8. The highest BCUT2D eigenvalue weighted by Gasteiger charge is 2.33. The minimum Gasteiger partial charge on any atom is -0.379 e. The lowest BCUT2D eigenvalue weighted by Crippen LogP contribution is -2.43. The third-order valence-electron chi connectivity index (χ3n) is 5.47. The van der Waals surface area contributed by atoms with E-state index in [1.165, 1.54) is 6.20 Å². The second-order valence-corrected chi connectivity index (χ2v) is 8.05. The normalized spacial score (nSPS) is 15.9. The molecule has 2 heterocycles. The minimum atomic E-state index is -4.51. The van der Waals surface area contributed by atoms with Crippen molar-refractivity contribution in [2.45, 2.75) is 12.2 Å². The molecule has 174 valence electrons. The van der Waals surface area contributed by atoms with Crippen molar-refractivity contribution in [1.29, 1.82) is 0 Å². The van der Waals surface area contributed by atoms with Gasteiger partial charge in [0.05, 0.1) is 24.9 Å². The standard InChI is InChI=1S/C23H22ClF3N4O2/c24-18-5-1-16(2-6-18)20(30-11-13-33-14-12-30)15-28-22(32)17-3-7-19(8-4-17)31-10-9-21(29-31)23(25,26)27/h1-10,20H,11-15H2,(H,28,32). The number of benzene rings is 2. The first-order chi connectivity index (χ1) is 15.8.